The zero-order valence-electron chi connectivity index (χ0n) is 8.56. The van der Waals surface area contributed by atoms with E-state index in [-0.39, 0.29) is 12.3 Å². The average Bonchev–Trinajstić information content (AvgIpc) is 2.22. The van der Waals surface area contributed by atoms with Crippen LogP contribution in [0.4, 0.5) is 17.6 Å². The van der Waals surface area contributed by atoms with Gasteiger partial charge in [-0.2, -0.15) is 8.78 Å². The summed E-state index contributed by atoms with van der Waals surface area (Å²) in [5.41, 5.74) is 0.351. The first-order valence-corrected chi connectivity index (χ1v) is 5.46. The maximum atomic E-state index is 12.5. The van der Waals surface area contributed by atoms with Crippen LogP contribution in [0.15, 0.2) is 22.7 Å². The Morgan fingerprint density at radius 2 is 2.00 bits per heavy atom. The third-order valence-electron chi connectivity index (χ3n) is 2.04. The lowest BCUT2D eigenvalue weighted by atomic mass is 10.2. The molecule has 0 aliphatic rings. The van der Waals surface area contributed by atoms with Crippen molar-refractivity contribution in [2.75, 3.05) is 6.54 Å². The molecule has 7 heteroatoms. The van der Waals surface area contributed by atoms with Crippen LogP contribution < -0.4 is 5.32 Å². The minimum atomic E-state index is -4.07. The zero-order chi connectivity index (χ0) is 13.1. The van der Waals surface area contributed by atoms with Gasteiger partial charge in [0.1, 0.15) is 5.75 Å². The van der Waals surface area contributed by atoms with Crippen molar-refractivity contribution < 1.29 is 22.7 Å². The van der Waals surface area contributed by atoms with Crippen LogP contribution in [-0.4, -0.2) is 24.0 Å². The molecule has 0 heterocycles. The van der Waals surface area contributed by atoms with Gasteiger partial charge in [0.05, 0.1) is 6.54 Å². The van der Waals surface area contributed by atoms with Crippen LogP contribution in [0.2, 0.25) is 0 Å². The fourth-order valence-electron chi connectivity index (χ4n) is 1.14. The largest absolute Gasteiger partial charge is 0.508 e. The molecule has 0 unspecified atom stereocenters. The zero-order valence-corrected chi connectivity index (χ0v) is 10.1. The highest BCUT2D eigenvalue weighted by molar-refractivity contribution is 9.10. The second-order valence-electron chi connectivity index (χ2n) is 3.44. The molecule has 0 fully saturated rings. The van der Waals surface area contributed by atoms with Gasteiger partial charge in [-0.1, -0.05) is 15.9 Å². The molecule has 1 aromatic rings. The van der Waals surface area contributed by atoms with Gasteiger partial charge in [-0.3, -0.25) is 0 Å². The van der Waals surface area contributed by atoms with E-state index in [4.69, 9.17) is 0 Å². The van der Waals surface area contributed by atoms with Crippen LogP contribution in [0.3, 0.4) is 0 Å². The number of hydrogen-bond donors (Lipinski definition) is 2. The van der Waals surface area contributed by atoms with Gasteiger partial charge in [0.15, 0.2) is 0 Å². The second-order valence-corrected chi connectivity index (χ2v) is 4.35. The third kappa shape index (κ3) is 4.16. The summed E-state index contributed by atoms with van der Waals surface area (Å²) < 4.78 is 49.4. The Morgan fingerprint density at radius 3 is 2.59 bits per heavy atom. The molecule has 0 radical (unpaired) electrons. The lowest BCUT2D eigenvalue weighted by molar-refractivity contribution is -0.125. The van der Waals surface area contributed by atoms with Crippen molar-refractivity contribution in [3.63, 3.8) is 0 Å². The number of phenols is 1. The number of aromatic hydroxyl groups is 1. The Labute approximate surface area is 104 Å². The number of phenolic OH excluding ortho intramolecular Hbond substituents is 1. The molecule has 0 saturated heterocycles. The predicted octanol–water partition coefficient (Wildman–Crippen LogP) is 3.14. The number of hydrogen-bond acceptors (Lipinski definition) is 2. The number of benzene rings is 1. The van der Waals surface area contributed by atoms with Crippen molar-refractivity contribution in [3.8, 4) is 5.75 Å². The van der Waals surface area contributed by atoms with Gasteiger partial charge < -0.3 is 10.4 Å². The minimum absolute atomic E-state index is 0.0823. The van der Waals surface area contributed by atoms with Crippen LogP contribution in [0.1, 0.15) is 5.56 Å². The topological polar surface area (TPSA) is 32.3 Å². The van der Waals surface area contributed by atoms with Gasteiger partial charge in [-0.05, 0) is 18.2 Å². The van der Waals surface area contributed by atoms with E-state index in [0.717, 1.165) is 0 Å². The SMILES string of the molecule is Oc1ccc(Br)cc1CNCC(F)(F)C(F)F. The molecule has 17 heavy (non-hydrogen) atoms. The highest BCUT2D eigenvalue weighted by atomic mass is 79.9. The number of halogens is 5. The summed E-state index contributed by atoms with van der Waals surface area (Å²) in [5, 5.41) is 11.6. The lowest BCUT2D eigenvalue weighted by Gasteiger charge is -2.16. The Bertz CT molecular complexity index is 387. The average molecular weight is 316 g/mol. The van der Waals surface area contributed by atoms with Crippen molar-refractivity contribution in [3.05, 3.63) is 28.2 Å². The summed E-state index contributed by atoms with van der Waals surface area (Å²) in [6.07, 6.45) is -3.70. The van der Waals surface area contributed by atoms with E-state index in [1.165, 1.54) is 12.1 Å². The first-order valence-electron chi connectivity index (χ1n) is 4.67. The summed E-state index contributed by atoms with van der Waals surface area (Å²) >= 11 is 3.14. The van der Waals surface area contributed by atoms with Crippen LogP contribution in [0.5, 0.6) is 5.75 Å². The Kier molecular flexibility index (Phi) is 4.76. The first kappa shape index (κ1) is 14.2. The van der Waals surface area contributed by atoms with E-state index in [1.807, 2.05) is 0 Å². The van der Waals surface area contributed by atoms with E-state index in [1.54, 1.807) is 6.07 Å². The molecule has 0 atom stereocenters. The van der Waals surface area contributed by atoms with Crippen molar-refractivity contribution >= 4 is 15.9 Å². The quantitative estimate of drug-likeness (QED) is 0.818. The molecular weight excluding hydrogens is 306 g/mol. The molecule has 0 spiro atoms. The monoisotopic (exact) mass is 315 g/mol. The van der Waals surface area contributed by atoms with Gasteiger partial charge in [-0.25, -0.2) is 8.78 Å². The van der Waals surface area contributed by atoms with Gasteiger partial charge in [-0.15, -0.1) is 0 Å². The summed E-state index contributed by atoms with van der Waals surface area (Å²) in [7, 11) is 0. The van der Waals surface area contributed by atoms with Gasteiger partial charge in [0, 0.05) is 16.6 Å². The fraction of sp³-hybridized carbons (Fsp3) is 0.400. The smallest absolute Gasteiger partial charge is 0.319 e. The Morgan fingerprint density at radius 1 is 1.35 bits per heavy atom. The Balaban J connectivity index is 2.54. The summed E-state index contributed by atoms with van der Waals surface area (Å²) in [6, 6.07) is 4.47. The molecule has 0 saturated carbocycles. The lowest BCUT2D eigenvalue weighted by Crippen LogP contribution is -2.38. The molecule has 0 aliphatic heterocycles. The molecule has 1 rings (SSSR count). The molecule has 0 amide bonds. The van der Waals surface area contributed by atoms with E-state index < -0.39 is 18.9 Å². The van der Waals surface area contributed by atoms with Gasteiger partial charge in [0.2, 0.25) is 0 Å². The normalized spacial score (nSPS) is 12.1. The van der Waals surface area contributed by atoms with E-state index in [2.05, 4.69) is 21.2 Å². The van der Waals surface area contributed by atoms with Crippen LogP contribution in [0.25, 0.3) is 0 Å². The maximum absolute atomic E-state index is 12.5. The van der Waals surface area contributed by atoms with Crippen molar-refractivity contribution in [1.82, 2.24) is 5.32 Å². The van der Waals surface area contributed by atoms with Crippen molar-refractivity contribution in [2.45, 2.75) is 18.9 Å². The highest BCUT2D eigenvalue weighted by Crippen LogP contribution is 2.24. The minimum Gasteiger partial charge on any atom is -0.508 e. The van der Waals surface area contributed by atoms with Crippen LogP contribution >= 0.6 is 15.9 Å². The summed E-state index contributed by atoms with van der Waals surface area (Å²) in [4.78, 5) is 0. The van der Waals surface area contributed by atoms with Crippen molar-refractivity contribution in [1.29, 1.82) is 0 Å². The Hall–Kier alpha value is -0.820. The molecule has 2 nitrogen and oxygen atoms in total. The van der Waals surface area contributed by atoms with E-state index >= 15 is 0 Å². The summed E-state index contributed by atoms with van der Waals surface area (Å²) in [6.45, 7) is -1.26. The molecule has 0 aliphatic carbocycles. The predicted molar refractivity (Wildman–Crippen MR) is 58.5 cm³/mol. The maximum Gasteiger partial charge on any atom is 0.319 e. The molecule has 0 aromatic heterocycles. The molecule has 0 bridgehead atoms. The number of rotatable bonds is 5. The number of alkyl halides is 4. The molecule has 1 aromatic carbocycles. The molecule has 96 valence electrons. The number of nitrogens with one attached hydrogen (secondary N) is 1. The van der Waals surface area contributed by atoms with Crippen LogP contribution in [-0.2, 0) is 6.54 Å². The molecular formula is C10H10BrF4NO. The van der Waals surface area contributed by atoms with Crippen LogP contribution in [0, 0.1) is 0 Å². The van der Waals surface area contributed by atoms with Gasteiger partial charge >= 0.3 is 12.3 Å². The van der Waals surface area contributed by atoms with Crippen molar-refractivity contribution in [2.24, 2.45) is 0 Å². The first-order chi connectivity index (χ1) is 7.83. The van der Waals surface area contributed by atoms with Gasteiger partial charge in [0.25, 0.3) is 0 Å². The summed E-state index contributed by atoms with van der Waals surface area (Å²) in [5.74, 6) is -4.15. The highest BCUT2D eigenvalue weighted by Gasteiger charge is 2.39. The fourth-order valence-corrected chi connectivity index (χ4v) is 1.55. The third-order valence-corrected chi connectivity index (χ3v) is 2.53. The standard InChI is InChI=1S/C10H10BrF4NO/c11-7-1-2-8(17)6(3-7)4-16-5-10(14,15)9(12)13/h1-3,9,16-17H,4-5H2. The second kappa shape index (κ2) is 5.68. The molecule has 2 N–H and O–H groups in total. The van der Waals surface area contributed by atoms with E-state index in [9.17, 15) is 22.7 Å². The van der Waals surface area contributed by atoms with E-state index in [0.29, 0.717) is 10.0 Å².